The standard InChI is InChI=1S/C21H19N3O4S/c22-18(14-8-3-1-4-9-14)19(23)16-12-7-13-17(20(16)29(26,27)28)24-21(25)15-10-5-2-6-11-15/h1-13H,22-23H2,(H,24,25)(H,26,27,28). The molecule has 0 atom stereocenters. The molecule has 1 amide bonds. The Hall–Kier alpha value is -3.62. The summed E-state index contributed by atoms with van der Waals surface area (Å²) in [6.45, 7) is 0. The number of amides is 1. The van der Waals surface area contributed by atoms with Crippen LogP contribution in [0.25, 0.3) is 11.4 Å². The van der Waals surface area contributed by atoms with Gasteiger partial charge in [0.2, 0.25) is 0 Å². The molecule has 0 unspecified atom stereocenters. The van der Waals surface area contributed by atoms with Gasteiger partial charge < -0.3 is 16.8 Å². The Balaban J connectivity index is 2.12. The second-order valence-electron chi connectivity index (χ2n) is 6.17. The summed E-state index contributed by atoms with van der Waals surface area (Å²) in [6, 6.07) is 21.3. The molecular weight excluding hydrogens is 390 g/mol. The van der Waals surface area contributed by atoms with E-state index in [1.165, 1.54) is 18.2 Å². The number of hydrogen-bond acceptors (Lipinski definition) is 5. The summed E-state index contributed by atoms with van der Waals surface area (Å²) in [6.07, 6.45) is 0. The van der Waals surface area contributed by atoms with Gasteiger partial charge in [0.1, 0.15) is 4.90 Å². The van der Waals surface area contributed by atoms with Crippen LogP contribution >= 0.6 is 0 Å². The molecular formula is C21H19N3O4S. The van der Waals surface area contributed by atoms with Crippen LogP contribution < -0.4 is 16.8 Å². The Morgan fingerprint density at radius 1 is 0.759 bits per heavy atom. The maximum absolute atomic E-state index is 12.5. The minimum absolute atomic E-state index is 0.0142. The van der Waals surface area contributed by atoms with E-state index in [1.807, 2.05) is 0 Å². The summed E-state index contributed by atoms with van der Waals surface area (Å²) >= 11 is 0. The van der Waals surface area contributed by atoms with Crippen molar-refractivity contribution in [2.75, 3.05) is 5.32 Å². The first-order chi connectivity index (χ1) is 13.8. The quantitative estimate of drug-likeness (QED) is 0.378. The van der Waals surface area contributed by atoms with Crippen molar-refractivity contribution in [3.63, 3.8) is 0 Å². The van der Waals surface area contributed by atoms with E-state index < -0.39 is 20.9 Å². The van der Waals surface area contributed by atoms with Crippen molar-refractivity contribution in [1.29, 1.82) is 0 Å². The summed E-state index contributed by atoms with van der Waals surface area (Å²) in [5.41, 5.74) is 13.2. The number of carbonyl (C=O) groups is 1. The van der Waals surface area contributed by atoms with Crippen LogP contribution in [0.4, 0.5) is 5.69 Å². The lowest BCUT2D eigenvalue weighted by atomic mass is 10.0. The first kappa shape index (κ1) is 20.1. The highest BCUT2D eigenvalue weighted by atomic mass is 32.2. The van der Waals surface area contributed by atoms with Crippen LogP contribution in [0.2, 0.25) is 0 Å². The van der Waals surface area contributed by atoms with Crippen molar-refractivity contribution < 1.29 is 17.8 Å². The van der Waals surface area contributed by atoms with Gasteiger partial charge in [-0.3, -0.25) is 9.35 Å². The number of benzene rings is 3. The fourth-order valence-corrected chi connectivity index (χ4v) is 3.68. The van der Waals surface area contributed by atoms with E-state index in [-0.39, 0.29) is 22.6 Å². The molecule has 0 aliphatic rings. The second-order valence-corrected chi connectivity index (χ2v) is 7.53. The molecule has 8 heteroatoms. The number of nitrogens with two attached hydrogens (primary N) is 2. The van der Waals surface area contributed by atoms with Gasteiger partial charge in [-0.25, -0.2) is 0 Å². The Bertz CT molecular complexity index is 1180. The van der Waals surface area contributed by atoms with Crippen LogP contribution in [0.3, 0.4) is 0 Å². The molecule has 0 heterocycles. The highest BCUT2D eigenvalue weighted by molar-refractivity contribution is 7.86. The molecule has 0 aromatic heterocycles. The minimum Gasteiger partial charge on any atom is -0.397 e. The van der Waals surface area contributed by atoms with E-state index in [4.69, 9.17) is 11.5 Å². The molecule has 0 saturated heterocycles. The van der Waals surface area contributed by atoms with E-state index >= 15 is 0 Å². The molecule has 0 saturated carbocycles. The molecule has 3 rings (SSSR count). The number of rotatable bonds is 5. The highest BCUT2D eigenvalue weighted by Crippen LogP contribution is 2.31. The predicted molar refractivity (Wildman–Crippen MR) is 112 cm³/mol. The third-order valence-corrected chi connectivity index (χ3v) is 5.18. The van der Waals surface area contributed by atoms with Gasteiger partial charge in [0.25, 0.3) is 16.0 Å². The van der Waals surface area contributed by atoms with Gasteiger partial charge in [-0.1, -0.05) is 60.7 Å². The van der Waals surface area contributed by atoms with E-state index in [9.17, 15) is 17.8 Å². The maximum atomic E-state index is 12.5. The molecule has 3 aromatic rings. The van der Waals surface area contributed by atoms with Crippen LogP contribution in [0.15, 0.2) is 83.8 Å². The summed E-state index contributed by atoms with van der Waals surface area (Å²) in [4.78, 5) is 11.9. The molecule has 7 nitrogen and oxygen atoms in total. The average Bonchev–Trinajstić information content (AvgIpc) is 2.73. The van der Waals surface area contributed by atoms with Crippen molar-refractivity contribution in [2.24, 2.45) is 11.5 Å². The van der Waals surface area contributed by atoms with Crippen molar-refractivity contribution in [2.45, 2.75) is 4.90 Å². The zero-order chi connectivity index (χ0) is 21.0. The number of carbonyl (C=O) groups excluding carboxylic acids is 1. The number of nitrogens with one attached hydrogen (secondary N) is 1. The highest BCUT2D eigenvalue weighted by Gasteiger charge is 2.24. The number of anilines is 1. The first-order valence-corrected chi connectivity index (χ1v) is 10.0. The predicted octanol–water partition coefficient (Wildman–Crippen LogP) is 2.93. The molecule has 0 aliphatic heterocycles. The Morgan fingerprint density at radius 3 is 1.86 bits per heavy atom. The van der Waals surface area contributed by atoms with Crippen LogP contribution in [-0.4, -0.2) is 18.9 Å². The van der Waals surface area contributed by atoms with Crippen LogP contribution in [0.5, 0.6) is 0 Å². The van der Waals surface area contributed by atoms with Crippen LogP contribution in [-0.2, 0) is 10.1 Å². The Kier molecular flexibility index (Phi) is 5.67. The van der Waals surface area contributed by atoms with Crippen molar-refractivity contribution >= 4 is 33.1 Å². The lowest BCUT2D eigenvalue weighted by Gasteiger charge is -2.15. The zero-order valence-electron chi connectivity index (χ0n) is 15.2. The first-order valence-electron chi connectivity index (χ1n) is 8.57. The van der Waals surface area contributed by atoms with Crippen LogP contribution in [0.1, 0.15) is 21.5 Å². The monoisotopic (exact) mass is 409 g/mol. The van der Waals surface area contributed by atoms with E-state index in [0.717, 1.165) is 0 Å². The third-order valence-electron chi connectivity index (χ3n) is 4.22. The van der Waals surface area contributed by atoms with E-state index in [1.54, 1.807) is 60.7 Å². The van der Waals surface area contributed by atoms with Crippen molar-refractivity contribution in [1.82, 2.24) is 0 Å². The summed E-state index contributed by atoms with van der Waals surface area (Å²) in [5.74, 6) is -0.536. The largest absolute Gasteiger partial charge is 0.397 e. The van der Waals surface area contributed by atoms with E-state index in [2.05, 4.69) is 5.32 Å². The Morgan fingerprint density at radius 2 is 1.31 bits per heavy atom. The second kappa shape index (κ2) is 8.17. The molecule has 3 aromatic carbocycles. The van der Waals surface area contributed by atoms with Crippen molar-refractivity contribution in [3.8, 4) is 0 Å². The maximum Gasteiger partial charge on any atom is 0.297 e. The van der Waals surface area contributed by atoms with Gasteiger partial charge >= 0.3 is 0 Å². The van der Waals surface area contributed by atoms with Gasteiger partial charge in [0.05, 0.1) is 17.1 Å². The molecule has 29 heavy (non-hydrogen) atoms. The molecule has 0 spiro atoms. The molecule has 0 aliphatic carbocycles. The van der Waals surface area contributed by atoms with Gasteiger partial charge in [0, 0.05) is 11.1 Å². The molecule has 0 radical (unpaired) electrons. The minimum atomic E-state index is -4.74. The normalized spacial score (nSPS) is 12.2. The van der Waals surface area contributed by atoms with E-state index in [0.29, 0.717) is 11.1 Å². The van der Waals surface area contributed by atoms with Crippen LogP contribution in [0, 0.1) is 0 Å². The molecule has 0 bridgehead atoms. The SMILES string of the molecule is NC(=C(N)c1cccc(NC(=O)c2ccccc2)c1S(=O)(=O)O)c1ccccc1. The molecule has 6 N–H and O–H groups in total. The fourth-order valence-electron chi connectivity index (χ4n) is 2.83. The lowest BCUT2D eigenvalue weighted by molar-refractivity contribution is 0.102. The smallest absolute Gasteiger partial charge is 0.297 e. The zero-order valence-corrected chi connectivity index (χ0v) is 16.1. The van der Waals surface area contributed by atoms with Gasteiger partial charge in [-0.05, 0) is 23.8 Å². The summed E-state index contributed by atoms with van der Waals surface area (Å²) in [7, 11) is -4.74. The van der Waals surface area contributed by atoms with Gasteiger partial charge in [-0.2, -0.15) is 8.42 Å². The Labute approximate surface area is 168 Å². The topological polar surface area (TPSA) is 136 Å². The summed E-state index contributed by atoms with van der Waals surface area (Å²) < 4.78 is 34.1. The average molecular weight is 409 g/mol. The molecule has 0 fully saturated rings. The van der Waals surface area contributed by atoms with Crippen molar-refractivity contribution in [3.05, 3.63) is 95.6 Å². The van der Waals surface area contributed by atoms with Gasteiger partial charge in [-0.15, -0.1) is 0 Å². The molecule has 148 valence electrons. The third kappa shape index (κ3) is 4.45. The lowest BCUT2D eigenvalue weighted by Crippen LogP contribution is -2.17. The number of hydrogen-bond donors (Lipinski definition) is 4. The summed E-state index contributed by atoms with van der Waals surface area (Å²) in [5, 5.41) is 2.51. The van der Waals surface area contributed by atoms with Gasteiger partial charge in [0.15, 0.2) is 0 Å². The fraction of sp³-hybridized carbons (Fsp3) is 0.